The molecule has 8 heteroatoms. The lowest BCUT2D eigenvalue weighted by molar-refractivity contribution is 0.0693. The molecule has 0 atom stereocenters. The predicted molar refractivity (Wildman–Crippen MR) is 73.9 cm³/mol. The van der Waals surface area contributed by atoms with Gasteiger partial charge in [0.05, 0.1) is 14.2 Å². The smallest absolute Gasteiger partial charge is 0.341 e. The molecule has 0 saturated heterocycles. The quantitative estimate of drug-likeness (QED) is 0.773. The van der Waals surface area contributed by atoms with Crippen LogP contribution in [0.4, 0.5) is 0 Å². The highest BCUT2D eigenvalue weighted by Crippen LogP contribution is 2.36. The summed E-state index contributed by atoms with van der Waals surface area (Å²) < 4.78 is 12.1. The largest absolute Gasteiger partial charge is 0.495 e. The molecule has 0 radical (unpaired) electrons. The molecule has 0 bridgehead atoms. The first-order chi connectivity index (χ1) is 10.1. The second-order valence-electron chi connectivity index (χ2n) is 4.40. The van der Waals surface area contributed by atoms with Crippen molar-refractivity contribution in [3.05, 3.63) is 17.8 Å². The zero-order valence-electron chi connectivity index (χ0n) is 11.6. The number of benzene rings is 1. The topological polar surface area (TPSA) is 99.4 Å². The Morgan fingerprint density at radius 1 is 1.29 bits per heavy atom. The van der Waals surface area contributed by atoms with E-state index in [1.807, 2.05) is 0 Å². The molecule has 0 aliphatic carbocycles. The molecule has 0 amide bonds. The molecule has 0 unspecified atom stereocenters. The fourth-order valence-corrected chi connectivity index (χ4v) is 2.35. The van der Waals surface area contributed by atoms with Gasteiger partial charge in [-0.3, -0.25) is 4.98 Å². The number of carboxylic acids is 1. The zero-order chi connectivity index (χ0) is 15.1. The van der Waals surface area contributed by atoms with E-state index in [-0.39, 0.29) is 11.3 Å². The number of carboxylic acid groups (broad SMARTS) is 1. The Bertz CT molecular complexity index is 872. The molecule has 108 valence electrons. The van der Waals surface area contributed by atoms with Crippen molar-refractivity contribution < 1.29 is 19.4 Å². The van der Waals surface area contributed by atoms with E-state index < -0.39 is 5.97 Å². The number of nitrogens with zero attached hydrogens (tertiary/aromatic N) is 4. The van der Waals surface area contributed by atoms with Crippen LogP contribution in [0.1, 0.15) is 10.4 Å². The lowest BCUT2D eigenvalue weighted by Crippen LogP contribution is -2.03. The first-order valence-electron chi connectivity index (χ1n) is 6.04. The maximum Gasteiger partial charge on any atom is 0.341 e. The van der Waals surface area contributed by atoms with Gasteiger partial charge in [0.15, 0.2) is 5.52 Å². The first-order valence-corrected chi connectivity index (χ1v) is 6.04. The number of aryl methyl sites for hydroxylation is 1. The first kappa shape index (κ1) is 13.1. The van der Waals surface area contributed by atoms with Crippen LogP contribution in [-0.2, 0) is 7.05 Å². The second-order valence-corrected chi connectivity index (χ2v) is 4.40. The molecule has 1 N–H and O–H groups in total. The van der Waals surface area contributed by atoms with E-state index >= 15 is 0 Å². The summed E-state index contributed by atoms with van der Waals surface area (Å²) in [4.78, 5) is 15.5. The Labute approximate surface area is 118 Å². The number of hydrogen-bond acceptors (Lipinski definition) is 6. The van der Waals surface area contributed by atoms with E-state index in [2.05, 4.69) is 15.3 Å². The van der Waals surface area contributed by atoms with Gasteiger partial charge in [0.25, 0.3) is 0 Å². The molecular formula is C13H12N4O4. The Morgan fingerprint density at radius 3 is 2.67 bits per heavy atom. The number of fused-ring (bicyclic) bond motifs is 3. The second kappa shape index (κ2) is 4.58. The van der Waals surface area contributed by atoms with Crippen molar-refractivity contribution in [3.8, 4) is 11.5 Å². The van der Waals surface area contributed by atoms with Crippen LogP contribution < -0.4 is 9.47 Å². The van der Waals surface area contributed by atoms with Gasteiger partial charge in [-0.25, -0.2) is 9.48 Å². The summed E-state index contributed by atoms with van der Waals surface area (Å²) in [6.45, 7) is 0. The molecule has 21 heavy (non-hydrogen) atoms. The van der Waals surface area contributed by atoms with E-state index in [9.17, 15) is 9.90 Å². The average Bonchev–Trinajstić information content (AvgIpc) is 2.87. The molecule has 2 heterocycles. The van der Waals surface area contributed by atoms with E-state index in [4.69, 9.17) is 9.47 Å². The van der Waals surface area contributed by atoms with Crippen LogP contribution in [0.2, 0.25) is 0 Å². The number of carbonyl (C=O) groups is 1. The van der Waals surface area contributed by atoms with E-state index in [0.717, 1.165) is 0 Å². The van der Waals surface area contributed by atoms with Gasteiger partial charge in [-0.05, 0) is 6.07 Å². The van der Waals surface area contributed by atoms with Gasteiger partial charge < -0.3 is 14.6 Å². The summed E-state index contributed by atoms with van der Waals surface area (Å²) in [5.41, 5.74) is 1.76. The van der Waals surface area contributed by atoms with Gasteiger partial charge in [0.2, 0.25) is 0 Å². The SMILES string of the molecule is COc1c(C(=O)O)cnc2c1cc(OC)c1nnn(C)c12. The van der Waals surface area contributed by atoms with E-state index in [1.165, 1.54) is 20.4 Å². The van der Waals surface area contributed by atoms with Crippen molar-refractivity contribution in [2.75, 3.05) is 14.2 Å². The van der Waals surface area contributed by atoms with Gasteiger partial charge in [-0.15, -0.1) is 5.10 Å². The van der Waals surface area contributed by atoms with E-state index in [0.29, 0.717) is 27.7 Å². The van der Waals surface area contributed by atoms with Crippen LogP contribution in [0.5, 0.6) is 11.5 Å². The molecule has 0 spiro atoms. The van der Waals surface area contributed by atoms with E-state index in [1.54, 1.807) is 17.8 Å². The maximum absolute atomic E-state index is 11.3. The van der Waals surface area contributed by atoms with Crippen molar-refractivity contribution in [2.45, 2.75) is 0 Å². The number of ether oxygens (including phenoxy) is 2. The third-order valence-electron chi connectivity index (χ3n) is 3.28. The molecule has 0 fully saturated rings. The number of methoxy groups -OCH3 is 2. The Morgan fingerprint density at radius 2 is 2.05 bits per heavy atom. The third kappa shape index (κ3) is 1.76. The van der Waals surface area contributed by atoms with Crippen molar-refractivity contribution in [1.82, 2.24) is 20.0 Å². The number of hydrogen-bond donors (Lipinski definition) is 1. The van der Waals surface area contributed by atoms with Crippen LogP contribution in [-0.4, -0.2) is 45.3 Å². The van der Waals surface area contributed by atoms with Gasteiger partial charge in [-0.2, -0.15) is 0 Å². The average molecular weight is 288 g/mol. The van der Waals surface area contributed by atoms with Crippen LogP contribution in [0.25, 0.3) is 21.9 Å². The molecule has 3 aromatic rings. The monoisotopic (exact) mass is 288 g/mol. The van der Waals surface area contributed by atoms with Crippen LogP contribution >= 0.6 is 0 Å². The minimum absolute atomic E-state index is 0.0125. The molecule has 0 saturated carbocycles. The molecule has 2 aromatic heterocycles. The van der Waals surface area contributed by atoms with Crippen LogP contribution in [0.15, 0.2) is 12.3 Å². The summed E-state index contributed by atoms with van der Waals surface area (Å²) >= 11 is 0. The third-order valence-corrected chi connectivity index (χ3v) is 3.28. The number of pyridine rings is 1. The lowest BCUT2D eigenvalue weighted by atomic mass is 10.1. The highest BCUT2D eigenvalue weighted by Gasteiger charge is 2.21. The Kier molecular flexibility index (Phi) is 2.86. The zero-order valence-corrected chi connectivity index (χ0v) is 11.6. The summed E-state index contributed by atoms with van der Waals surface area (Å²) in [5.74, 6) is -0.398. The van der Waals surface area contributed by atoms with Gasteiger partial charge in [-0.1, -0.05) is 5.21 Å². The highest BCUT2D eigenvalue weighted by molar-refractivity contribution is 6.09. The standard InChI is InChI=1S/C13H12N4O4/c1-17-11-9-6(4-8(20-2)10(11)15-16-17)12(21-3)7(5-14-9)13(18)19/h4-5H,1-3H3,(H,18,19). The minimum atomic E-state index is -1.11. The van der Waals surface area contributed by atoms with Crippen molar-refractivity contribution in [1.29, 1.82) is 0 Å². The lowest BCUT2D eigenvalue weighted by Gasteiger charge is -2.11. The predicted octanol–water partition coefficient (Wildman–Crippen LogP) is 1.23. The molecule has 3 rings (SSSR count). The summed E-state index contributed by atoms with van der Waals surface area (Å²) in [7, 11) is 4.66. The van der Waals surface area contributed by atoms with Crippen molar-refractivity contribution in [3.63, 3.8) is 0 Å². The Balaban J connectivity index is 2.54. The summed E-state index contributed by atoms with van der Waals surface area (Å²) in [6.07, 6.45) is 1.27. The number of aromatic carboxylic acids is 1. The highest BCUT2D eigenvalue weighted by atomic mass is 16.5. The van der Waals surface area contributed by atoms with Crippen LogP contribution in [0.3, 0.4) is 0 Å². The normalized spacial score (nSPS) is 11.0. The molecule has 8 nitrogen and oxygen atoms in total. The number of aromatic nitrogens is 4. The van der Waals surface area contributed by atoms with Crippen molar-refractivity contribution in [2.24, 2.45) is 7.05 Å². The van der Waals surface area contributed by atoms with Crippen LogP contribution in [0, 0.1) is 0 Å². The fourth-order valence-electron chi connectivity index (χ4n) is 2.35. The molecule has 1 aromatic carbocycles. The maximum atomic E-state index is 11.3. The summed E-state index contributed by atoms with van der Waals surface area (Å²) in [5, 5.41) is 17.8. The van der Waals surface area contributed by atoms with Gasteiger partial charge >= 0.3 is 5.97 Å². The molecular weight excluding hydrogens is 276 g/mol. The van der Waals surface area contributed by atoms with Gasteiger partial charge in [0.1, 0.15) is 28.1 Å². The Hall–Kier alpha value is -2.90. The molecule has 0 aliphatic heterocycles. The molecule has 0 aliphatic rings. The van der Waals surface area contributed by atoms with Crippen molar-refractivity contribution >= 4 is 27.9 Å². The number of rotatable bonds is 3. The van der Waals surface area contributed by atoms with Gasteiger partial charge in [0, 0.05) is 18.6 Å². The summed E-state index contributed by atoms with van der Waals surface area (Å²) in [6, 6.07) is 1.66. The minimum Gasteiger partial charge on any atom is -0.495 e. The fraction of sp³-hybridized carbons (Fsp3) is 0.231.